The van der Waals surface area contributed by atoms with Gasteiger partial charge in [-0.2, -0.15) is 0 Å². The fraction of sp³-hybridized carbons (Fsp3) is 0.364. The normalized spacial score (nSPS) is 18.0. The van der Waals surface area contributed by atoms with Gasteiger partial charge in [0.05, 0.1) is 22.7 Å². The molecule has 2 aliphatic rings. The van der Waals surface area contributed by atoms with E-state index in [0.717, 1.165) is 59.9 Å². The Bertz CT molecular complexity index is 1540. The van der Waals surface area contributed by atoms with E-state index in [-0.39, 0.29) is 30.4 Å². The number of ether oxygens (including phenoxy) is 1. The molecule has 1 amide bonds. The van der Waals surface area contributed by atoms with E-state index in [1.54, 1.807) is 6.92 Å². The summed E-state index contributed by atoms with van der Waals surface area (Å²) in [7, 11) is 0. The predicted molar refractivity (Wildman–Crippen MR) is 166 cm³/mol. The molecule has 3 aromatic rings. The minimum atomic E-state index is -0.606. The number of benzene rings is 2. The lowest BCUT2D eigenvalue weighted by Gasteiger charge is -2.21. The molecule has 2 aliphatic heterocycles. The molecule has 0 unspecified atom stereocenters. The fourth-order valence-corrected chi connectivity index (χ4v) is 6.45. The van der Waals surface area contributed by atoms with Crippen molar-refractivity contribution in [1.29, 1.82) is 0 Å². The van der Waals surface area contributed by atoms with Gasteiger partial charge in [-0.1, -0.05) is 67.4 Å². The Labute approximate surface area is 245 Å². The van der Waals surface area contributed by atoms with E-state index < -0.39 is 5.97 Å². The number of aromatic nitrogens is 1. The number of para-hydroxylation sites is 1. The number of aliphatic imine (C=N–C) groups is 1. The zero-order valence-electron chi connectivity index (χ0n) is 24.0. The van der Waals surface area contributed by atoms with Crippen LogP contribution in [0.3, 0.4) is 0 Å². The van der Waals surface area contributed by atoms with Crippen molar-refractivity contribution in [2.24, 2.45) is 4.99 Å². The lowest BCUT2D eigenvalue weighted by molar-refractivity contribution is -0.138. The number of rotatable bonds is 7. The highest BCUT2D eigenvalue weighted by Gasteiger charge is 2.33. The zero-order valence-corrected chi connectivity index (χ0v) is 24.8. The molecule has 214 valence electrons. The first-order valence-electron chi connectivity index (χ1n) is 14.4. The molecule has 2 aromatic carbocycles. The number of nitrogens with zero attached hydrogens (tertiary/aromatic N) is 3. The third kappa shape index (κ3) is 6.27. The molecule has 3 heterocycles. The number of fused-ring (bicyclic) bond motifs is 1. The molecule has 0 bridgehead atoms. The Morgan fingerprint density at radius 1 is 1.05 bits per heavy atom. The fourth-order valence-electron chi connectivity index (χ4n) is 5.43. The van der Waals surface area contributed by atoms with E-state index in [9.17, 15) is 14.7 Å². The van der Waals surface area contributed by atoms with Crippen LogP contribution in [-0.2, 0) is 27.3 Å². The van der Waals surface area contributed by atoms with Crippen LogP contribution in [0.5, 0.6) is 0 Å². The Kier molecular flexibility index (Phi) is 8.98. The van der Waals surface area contributed by atoms with Crippen molar-refractivity contribution in [2.45, 2.75) is 59.4 Å². The van der Waals surface area contributed by atoms with E-state index in [2.05, 4.69) is 18.0 Å². The van der Waals surface area contributed by atoms with Gasteiger partial charge < -0.3 is 19.3 Å². The number of amides is 1. The maximum atomic E-state index is 13.4. The van der Waals surface area contributed by atoms with Gasteiger partial charge in [0, 0.05) is 30.2 Å². The van der Waals surface area contributed by atoms with Crippen molar-refractivity contribution in [3.63, 3.8) is 0 Å². The Hall–Kier alpha value is -3.78. The molecule has 8 heteroatoms. The summed E-state index contributed by atoms with van der Waals surface area (Å²) >= 11 is 1.24. The number of aryl methyl sites for hydroxylation is 2. The molecule has 0 radical (unpaired) electrons. The SMILES string of the molecule is CCOC(=O)C1=C(O)/C(=C/c2cn(CC(=O)N3CCCCCC3)c3c(CC)cccc23)SC1=Nc1ccc(C)cc1. The van der Waals surface area contributed by atoms with Crippen molar-refractivity contribution < 1.29 is 19.4 Å². The van der Waals surface area contributed by atoms with Crippen LogP contribution in [0.25, 0.3) is 17.0 Å². The standard InChI is InChI=1S/C33H37N3O4S/c1-4-23-11-10-12-26-24(20-36(30(23)26)21-28(37)35-17-8-6-7-9-18-35)19-27-31(38)29(33(39)40-5-2)32(41-27)34-25-15-13-22(3)14-16-25/h10-16,19-20,38H,4-9,17-18,21H2,1-3H3/b27-19-,34-32?. The van der Waals surface area contributed by atoms with Gasteiger partial charge in [0.2, 0.25) is 5.91 Å². The average molecular weight is 572 g/mol. The second kappa shape index (κ2) is 12.8. The van der Waals surface area contributed by atoms with E-state index in [1.165, 1.54) is 24.6 Å². The van der Waals surface area contributed by atoms with Gasteiger partial charge in [-0.15, -0.1) is 0 Å². The number of hydrogen-bond donors (Lipinski definition) is 1. The van der Waals surface area contributed by atoms with E-state index in [1.807, 2.05) is 65.1 Å². The van der Waals surface area contributed by atoms with Crippen molar-refractivity contribution in [1.82, 2.24) is 9.47 Å². The first-order chi connectivity index (χ1) is 19.9. The molecule has 1 fully saturated rings. The van der Waals surface area contributed by atoms with Crippen LogP contribution in [0, 0.1) is 6.92 Å². The predicted octanol–water partition coefficient (Wildman–Crippen LogP) is 7.11. The second-order valence-corrected chi connectivity index (χ2v) is 11.5. The summed E-state index contributed by atoms with van der Waals surface area (Å²) in [5.74, 6) is -0.623. The number of esters is 1. The van der Waals surface area contributed by atoms with Crippen molar-refractivity contribution in [2.75, 3.05) is 19.7 Å². The topological polar surface area (TPSA) is 84.1 Å². The molecule has 1 aromatic heterocycles. The summed E-state index contributed by atoms with van der Waals surface area (Å²) in [5.41, 5.74) is 4.91. The van der Waals surface area contributed by atoms with Gasteiger partial charge in [0.1, 0.15) is 22.9 Å². The molecule has 0 aliphatic carbocycles. The lowest BCUT2D eigenvalue weighted by atomic mass is 10.1. The Morgan fingerprint density at radius 3 is 2.46 bits per heavy atom. The van der Waals surface area contributed by atoms with Crippen LogP contribution in [0.2, 0.25) is 0 Å². The maximum Gasteiger partial charge on any atom is 0.344 e. The quantitative estimate of drug-likeness (QED) is 0.306. The van der Waals surface area contributed by atoms with E-state index in [4.69, 9.17) is 4.74 Å². The third-order valence-corrected chi connectivity index (χ3v) is 8.60. The molecule has 7 nitrogen and oxygen atoms in total. The lowest BCUT2D eigenvalue weighted by Crippen LogP contribution is -2.34. The Balaban J connectivity index is 1.55. The maximum absolute atomic E-state index is 13.4. The van der Waals surface area contributed by atoms with Gasteiger partial charge in [-0.25, -0.2) is 9.79 Å². The highest BCUT2D eigenvalue weighted by atomic mass is 32.2. The van der Waals surface area contributed by atoms with Gasteiger partial charge in [0.15, 0.2) is 0 Å². The molecular formula is C33H37N3O4S. The number of aliphatic hydroxyl groups is 1. The van der Waals surface area contributed by atoms with E-state index in [0.29, 0.717) is 15.6 Å². The number of carbonyl (C=O) groups is 2. The largest absolute Gasteiger partial charge is 0.506 e. The van der Waals surface area contributed by atoms with Crippen LogP contribution in [0.15, 0.2) is 69.9 Å². The minimum absolute atomic E-state index is 0.0676. The van der Waals surface area contributed by atoms with Crippen LogP contribution < -0.4 is 0 Å². The van der Waals surface area contributed by atoms with Gasteiger partial charge in [-0.05, 0) is 56.9 Å². The number of likely N-dealkylation sites (tertiary alicyclic amines) is 1. The zero-order chi connectivity index (χ0) is 28.9. The highest BCUT2D eigenvalue weighted by Crippen LogP contribution is 2.41. The summed E-state index contributed by atoms with van der Waals surface area (Å²) in [6, 6.07) is 13.8. The molecule has 0 spiro atoms. The molecule has 1 saturated heterocycles. The van der Waals surface area contributed by atoms with E-state index >= 15 is 0 Å². The number of aliphatic hydroxyl groups excluding tert-OH is 1. The summed E-state index contributed by atoms with van der Waals surface area (Å²) in [6.45, 7) is 7.92. The van der Waals surface area contributed by atoms with Gasteiger partial charge in [0.25, 0.3) is 0 Å². The van der Waals surface area contributed by atoms with Crippen LogP contribution >= 0.6 is 11.8 Å². The second-order valence-electron chi connectivity index (χ2n) is 10.5. The highest BCUT2D eigenvalue weighted by molar-refractivity contribution is 8.18. The summed E-state index contributed by atoms with van der Waals surface area (Å²) in [6.07, 6.45) is 9.14. The summed E-state index contributed by atoms with van der Waals surface area (Å²) < 4.78 is 7.32. The van der Waals surface area contributed by atoms with Gasteiger partial charge >= 0.3 is 5.97 Å². The molecule has 0 atom stereocenters. The molecule has 0 saturated carbocycles. The number of carbonyl (C=O) groups excluding carboxylic acids is 2. The van der Waals surface area contributed by atoms with Crippen molar-refractivity contribution >= 4 is 51.3 Å². The van der Waals surface area contributed by atoms with Crippen LogP contribution in [0.1, 0.15) is 56.2 Å². The number of hydrogen-bond acceptors (Lipinski definition) is 6. The van der Waals surface area contributed by atoms with Crippen molar-refractivity contribution in [3.8, 4) is 0 Å². The molecule has 1 N–H and O–H groups in total. The van der Waals surface area contributed by atoms with Crippen LogP contribution in [0.4, 0.5) is 5.69 Å². The molecule has 5 rings (SSSR count). The smallest absolute Gasteiger partial charge is 0.344 e. The van der Waals surface area contributed by atoms with Crippen molar-refractivity contribution in [3.05, 3.63) is 81.6 Å². The average Bonchev–Trinajstić information content (AvgIpc) is 3.30. The molecule has 41 heavy (non-hydrogen) atoms. The first-order valence-corrected chi connectivity index (χ1v) is 15.3. The summed E-state index contributed by atoms with van der Waals surface area (Å²) in [4.78, 5) is 33.4. The minimum Gasteiger partial charge on any atom is -0.506 e. The monoisotopic (exact) mass is 571 g/mol. The first kappa shape index (κ1) is 28.7. The van der Waals surface area contributed by atoms with Gasteiger partial charge in [-0.3, -0.25) is 4.79 Å². The Morgan fingerprint density at radius 2 is 1.78 bits per heavy atom. The van der Waals surface area contributed by atoms with Crippen LogP contribution in [-0.4, -0.2) is 51.2 Å². The number of thioether (sulfide) groups is 1. The molecular weight excluding hydrogens is 534 g/mol. The summed E-state index contributed by atoms with van der Waals surface area (Å²) in [5, 5.41) is 12.7. The third-order valence-electron chi connectivity index (χ3n) is 7.58.